The highest BCUT2D eigenvalue weighted by atomic mass is 35.5. The summed E-state index contributed by atoms with van der Waals surface area (Å²) in [6.07, 6.45) is 1.49. The fraction of sp³-hybridized carbons (Fsp3) is 0.417. The zero-order valence-corrected chi connectivity index (χ0v) is 11.1. The Morgan fingerprint density at radius 3 is 2.83 bits per heavy atom. The number of hydrogen-bond acceptors (Lipinski definition) is 4. The molecule has 1 heterocycles. The van der Waals surface area contributed by atoms with Gasteiger partial charge in [-0.25, -0.2) is 4.98 Å². The third kappa shape index (κ3) is 3.60. The van der Waals surface area contributed by atoms with Crippen LogP contribution in [-0.2, 0) is 4.79 Å². The highest BCUT2D eigenvalue weighted by Crippen LogP contribution is 2.26. The molecular formula is C12H15ClN4O. The quantitative estimate of drug-likeness (QED) is 0.877. The highest BCUT2D eigenvalue weighted by Gasteiger charge is 2.17. The van der Waals surface area contributed by atoms with Gasteiger partial charge in [0.25, 0.3) is 0 Å². The summed E-state index contributed by atoms with van der Waals surface area (Å²) in [5.41, 5.74) is 5.54. The average Bonchev–Trinajstić information content (AvgIpc) is 2.27. The van der Waals surface area contributed by atoms with Crippen LogP contribution in [0.2, 0.25) is 5.02 Å². The molecule has 0 unspecified atom stereocenters. The van der Waals surface area contributed by atoms with Gasteiger partial charge in [-0.2, -0.15) is 5.26 Å². The number of nitriles is 1. The third-order valence-electron chi connectivity index (χ3n) is 2.22. The Hall–Kier alpha value is -1.80. The number of primary amides is 1. The Bertz CT molecular complexity index is 481. The number of pyridine rings is 1. The molecule has 96 valence electrons. The van der Waals surface area contributed by atoms with E-state index in [1.165, 1.54) is 12.3 Å². The first-order valence-electron chi connectivity index (χ1n) is 5.53. The van der Waals surface area contributed by atoms with E-state index in [1.807, 2.05) is 19.9 Å². The van der Waals surface area contributed by atoms with Crippen LogP contribution in [0, 0.1) is 17.2 Å². The van der Waals surface area contributed by atoms with Gasteiger partial charge in [-0.05, 0) is 12.0 Å². The van der Waals surface area contributed by atoms with E-state index < -0.39 is 5.91 Å². The van der Waals surface area contributed by atoms with E-state index in [9.17, 15) is 4.79 Å². The maximum Gasteiger partial charge on any atom is 0.236 e. The summed E-state index contributed by atoms with van der Waals surface area (Å²) < 4.78 is 0. The van der Waals surface area contributed by atoms with E-state index >= 15 is 0 Å². The minimum absolute atomic E-state index is 0.0276. The van der Waals surface area contributed by atoms with Crippen molar-refractivity contribution in [2.75, 3.05) is 18.0 Å². The van der Waals surface area contributed by atoms with Crippen molar-refractivity contribution in [3.05, 3.63) is 22.8 Å². The molecule has 0 saturated carbocycles. The van der Waals surface area contributed by atoms with Crippen LogP contribution in [0.1, 0.15) is 19.4 Å². The van der Waals surface area contributed by atoms with Gasteiger partial charge in [0, 0.05) is 12.7 Å². The molecule has 0 aliphatic heterocycles. The Kier molecular flexibility index (Phi) is 4.93. The molecule has 0 fully saturated rings. The number of anilines is 1. The molecule has 0 atom stereocenters. The predicted molar refractivity (Wildman–Crippen MR) is 70.2 cm³/mol. The topological polar surface area (TPSA) is 83.0 Å². The van der Waals surface area contributed by atoms with Gasteiger partial charge in [-0.1, -0.05) is 25.4 Å². The van der Waals surface area contributed by atoms with Crippen LogP contribution in [0.3, 0.4) is 0 Å². The first-order chi connectivity index (χ1) is 8.45. The largest absolute Gasteiger partial charge is 0.368 e. The molecule has 0 aromatic carbocycles. The normalized spacial score (nSPS) is 10.2. The molecule has 1 aromatic heterocycles. The summed E-state index contributed by atoms with van der Waals surface area (Å²) in [7, 11) is 0. The van der Waals surface area contributed by atoms with Crippen molar-refractivity contribution in [2.45, 2.75) is 13.8 Å². The first kappa shape index (κ1) is 14.3. The number of nitrogens with two attached hydrogens (primary N) is 1. The van der Waals surface area contributed by atoms with E-state index in [4.69, 9.17) is 22.6 Å². The third-order valence-corrected chi connectivity index (χ3v) is 2.60. The minimum Gasteiger partial charge on any atom is -0.368 e. The molecule has 0 spiro atoms. The second-order valence-electron chi connectivity index (χ2n) is 4.35. The monoisotopic (exact) mass is 266 g/mol. The number of hydrogen-bond donors (Lipinski definition) is 1. The maximum atomic E-state index is 11.1. The second kappa shape index (κ2) is 6.22. The summed E-state index contributed by atoms with van der Waals surface area (Å²) in [6.45, 7) is 4.64. The summed E-state index contributed by atoms with van der Waals surface area (Å²) in [5, 5.41) is 9.17. The van der Waals surface area contributed by atoms with Crippen molar-refractivity contribution < 1.29 is 4.79 Å². The molecular weight excluding hydrogens is 252 g/mol. The van der Waals surface area contributed by atoms with Crippen molar-refractivity contribution in [1.29, 1.82) is 5.26 Å². The lowest BCUT2D eigenvalue weighted by atomic mass is 10.2. The van der Waals surface area contributed by atoms with Crippen molar-refractivity contribution in [3.8, 4) is 6.07 Å². The van der Waals surface area contributed by atoms with Gasteiger partial charge in [-0.15, -0.1) is 0 Å². The summed E-state index contributed by atoms with van der Waals surface area (Å²) in [5.74, 6) is 0.270. The van der Waals surface area contributed by atoms with Crippen LogP contribution in [0.25, 0.3) is 0 Å². The zero-order valence-electron chi connectivity index (χ0n) is 10.4. The van der Waals surface area contributed by atoms with Crippen LogP contribution in [0.4, 0.5) is 5.82 Å². The number of rotatable bonds is 5. The summed E-state index contributed by atoms with van der Waals surface area (Å²) in [6, 6.07) is 3.51. The smallest absolute Gasteiger partial charge is 0.236 e. The Morgan fingerprint density at radius 1 is 1.67 bits per heavy atom. The van der Waals surface area contributed by atoms with Gasteiger partial charge in [0.15, 0.2) is 0 Å². The fourth-order valence-electron chi connectivity index (χ4n) is 1.59. The van der Waals surface area contributed by atoms with Gasteiger partial charge in [-0.3, -0.25) is 4.79 Å². The lowest BCUT2D eigenvalue weighted by Crippen LogP contribution is -2.37. The SMILES string of the molecule is CC(C)CN(CC(N)=O)c1nccc(C#N)c1Cl. The molecule has 0 radical (unpaired) electrons. The molecule has 6 heteroatoms. The Labute approximate surface area is 111 Å². The van der Waals surface area contributed by atoms with E-state index in [2.05, 4.69) is 4.98 Å². The van der Waals surface area contributed by atoms with E-state index in [1.54, 1.807) is 4.90 Å². The van der Waals surface area contributed by atoms with Gasteiger partial charge < -0.3 is 10.6 Å². The van der Waals surface area contributed by atoms with Crippen LogP contribution < -0.4 is 10.6 Å². The zero-order chi connectivity index (χ0) is 13.7. The van der Waals surface area contributed by atoms with Crippen LogP contribution in [-0.4, -0.2) is 24.0 Å². The Balaban J connectivity index is 3.12. The van der Waals surface area contributed by atoms with Crippen molar-refractivity contribution >= 4 is 23.3 Å². The maximum absolute atomic E-state index is 11.1. The second-order valence-corrected chi connectivity index (χ2v) is 4.73. The van der Waals surface area contributed by atoms with Gasteiger partial charge in [0.1, 0.15) is 16.9 Å². The number of carbonyl (C=O) groups excluding carboxylic acids is 1. The molecule has 1 aromatic rings. The molecule has 0 aliphatic carbocycles. The summed E-state index contributed by atoms with van der Waals surface area (Å²) in [4.78, 5) is 16.9. The van der Waals surface area contributed by atoms with Crippen LogP contribution in [0.15, 0.2) is 12.3 Å². The van der Waals surface area contributed by atoms with Crippen molar-refractivity contribution in [1.82, 2.24) is 4.98 Å². The first-order valence-corrected chi connectivity index (χ1v) is 5.91. The highest BCUT2D eigenvalue weighted by molar-refractivity contribution is 6.34. The van der Waals surface area contributed by atoms with Crippen LogP contribution >= 0.6 is 11.6 Å². The van der Waals surface area contributed by atoms with Gasteiger partial charge >= 0.3 is 0 Å². The number of carbonyl (C=O) groups is 1. The van der Waals surface area contributed by atoms with E-state index in [0.29, 0.717) is 23.8 Å². The lowest BCUT2D eigenvalue weighted by molar-refractivity contribution is -0.116. The number of amides is 1. The van der Waals surface area contributed by atoms with E-state index in [-0.39, 0.29) is 11.6 Å². The van der Waals surface area contributed by atoms with Gasteiger partial charge in [0.2, 0.25) is 5.91 Å². The molecule has 18 heavy (non-hydrogen) atoms. The Morgan fingerprint density at radius 2 is 2.33 bits per heavy atom. The van der Waals surface area contributed by atoms with Gasteiger partial charge in [0.05, 0.1) is 12.1 Å². The molecule has 0 saturated heterocycles. The average molecular weight is 267 g/mol. The minimum atomic E-state index is -0.462. The number of aromatic nitrogens is 1. The lowest BCUT2D eigenvalue weighted by Gasteiger charge is -2.25. The molecule has 2 N–H and O–H groups in total. The number of nitrogens with zero attached hydrogens (tertiary/aromatic N) is 3. The fourth-order valence-corrected chi connectivity index (χ4v) is 1.87. The molecule has 1 rings (SSSR count). The summed E-state index contributed by atoms with van der Waals surface area (Å²) >= 11 is 6.09. The molecule has 1 amide bonds. The van der Waals surface area contributed by atoms with Crippen molar-refractivity contribution in [3.63, 3.8) is 0 Å². The molecule has 0 bridgehead atoms. The van der Waals surface area contributed by atoms with Crippen LogP contribution in [0.5, 0.6) is 0 Å². The molecule has 5 nitrogen and oxygen atoms in total. The predicted octanol–water partition coefficient (Wildman–Crippen LogP) is 1.55. The van der Waals surface area contributed by atoms with E-state index in [0.717, 1.165) is 0 Å². The molecule has 0 aliphatic rings. The van der Waals surface area contributed by atoms with Crippen molar-refractivity contribution in [2.24, 2.45) is 11.7 Å². The number of halogens is 1. The standard InChI is InChI=1S/C12H15ClN4O/c1-8(2)6-17(7-10(15)18)12-11(13)9(5-14)3-4-16-12/h3-4,8H,6-7H2,1-2H3,(H2,15,18).